The molecule has 0 aliphatic rings. The molecule has 0 radical (unpaired) electrons. The Bertz CT molecular complexity index is 918. The minimum atomic E-state index is -0.841. The van der Waals surface area contributed by atoms with Crippen molar-refractivity contribution in [3.8, 4) is 12.1 Å². The van der Waals surface area contributed by atoms with Gasteiger partial charge in [0.05, 0.1) is 39.0 Å². The summed E-state index contributed by atoms with van der Waals surface area (Å²) in [6.07, 6.45) is 0.282. The average Bonchev–Trinajstić information content (AvgIpc) is 2.66. The number of ether oxygens (including phenoxy) is 1. The van der Waals surface area contributed by atoms with Crippen molar-refractivity contribution in [1.82, 2.24) is 0 Å². The van der Waals surface area contributed by atoms with Crippen LogP contribution in [0.3, 0.4) is 0 Å². The van der Waals surface area contributed by atoms with E-state index >= 15 is 0 Å². The van der Waals surface area contributed by atoms with E-state index in [0.717, 1.165) is 5.56 Å². The molecule has 0 bridgehead atoms. The van der Waals surface area contributed by atoms with Gasteiger partial charge in [-0.3, -0.25) is 0 Å². The number of nitrogens with zero attached hydrogens (tertiary/aromatic N) is 2. The number of anilines is 1. The normalized spacial score (nSPS) is 11.2. The van der Waals surface area contributed by atoms with Crippen LogP contribution in [0.25, 0.3) is 0 Å². The maximum atomic E-state index is 12.2. The van der Waals surface area contributed by atoms with E-state index in [1.807, 2.05) is 42.5 Å². The van der Waals surface area contributed by atoms with E-state index < -0.39 is 12.0 Å². The molecule has 0 spiro atoms. The molecule has 26 heavy (non-hydrogen) atoms. The molecule has 8 heteroatoms. The molecular weight excluding hydrogens is 397 g/mol. The van der Waals surface area contributed by atoms with Crippen LogP contribution in [0.1, 0.15) is 16.7 Å². The Morgan fingerprint density at radius 2 is 1.69 bits per heavy atom. The quantitative estimate of drug-likeness (QED) is 0.578. The predicted molar refractivity (Wildman–Crippen MR) is 100 cm³/mol. The number of rotatable bonds is 5. The summed E-state index contributed by atoms with van der Waals surface area (Å²) in [6, 6.07) is 12.1. The summed E-state index contributed by atoms with van der Waals surface area (Å²) in [7, 11) is 1.26. The van der Waals surface area contributed by atoms with Gasteiger partial charge in [0.2, 0.25) is 0 Å². The number of halogens is 3. The van der Waals surface area contributed by atoms with Gasteiger partial charge in [0.25, 0.3) is 0 Å². The van der Waals surface area contributed by atoms with Crippen molar-refractivity contribution in [2.75, 3.05) is 12.4 Å². The highest BCUT2D eigenvalue weighted by molar-refractivity contribution is 6.46. The Morgan fingerprint density at radius 3 is 2.23 bits per heavy atom. The van der Waals surface area contributed by atoms with Gasteiger partial charge in [-0.1, -0.05) is 65.1 Å². The minimum Gasteiger partial charge on any atom is -0.467 e. The molecule has 1 atom stereocenters. The molecule has 2 rings (SSSR count). The Morgan fingerprint density at radius 1 is 1.08 bits per heavy atom. The molecule has 0 fully saturated rings. The maximum Gasteiger partial charge on any atom is 0.328 e. The second-order valence-corrected chi connectivity index (χ2v) is 6.33. The highest BCUT2D eigenvalue weighted by Gasteiger charge is 2.26. The lowest BCUT2D eigenvalue weighted by atomic mass is 10.0. The minimum absolute atomic E-state index is 0.0638. The van der Waals surface area contributed by atoms with Crippen molar-refractivity contribution in [3.63, 3.8) is 0 Å². The second-order valence-electron chi connectivity index (χ2n) is 5.20. The summed E-state index contributed by atoms with van der Waals surface area (Å²) in [6.45, 7) is 0. The summed E-state index contributed by atoms with van der Waals surface area (Å²) in [5, 5.41) is 21.2. The standard InChI is InChI=1S/C18H12Cl3N3O2/c1-26-18(25)13(7-10-5-3-2-4-6-10)24-17-12(9-23)14(19)11(8-22)15(20)16(17)21/h2-6,13,24H,7H2,1H3. The molecule has 0 saturated heterocycles. The summed E-state index contributed by atoms with van der Waals surface area (Å²) >= 11 is 18.4. The van der Waals surface area contributed by atoms with Crippen molar-refractivity contribution in [2.24, 2.45) is 0 Å². The maximum absolute atomic E-state index is 12.2. The first kappa shape index (κ1) is 19.9. The van der Waals surface area contributed by atoms with Crippen LogP contribution in [0.15, 0.2) is 30.3 Å². The van der Waals surface area contributed by atoms with E-state index in [9.17, 15) is 10.1 Å². The number of nitriles is 2. The summed E-state index contributed by atoms with van der Waals surface area (Å²) < 4.78 is 4.83. The van der Waals surface area contributed by atoms with E-state index in [2.05, 4.69) is 5.32 Å². The Labute approximate surface area is 165 Å². The van der Waals surface area contributed by atoms with Gasteiger partial charge in [0.15, 0.2) is 0 Å². The Balaban J connectivity index is 2.50. The number of nitrogens with one attached hydrogen (secondary N) is 1. The first-order valence-electron chi connectivity index (χ1n) is 7.33. The number of hydrogen-bond donors (Lipinski definition) is 1. The predicted octanol–water partition coefficient (Wildman–Crippen LogP) is 4.59. The molecule has 2 aromatic rings. The van der Waals surface area contributed by atoms with Crippen molar-refractivity contribution in [2.45, 2.75) is 12.5 Å². The highest BCUT2D eigenvalue weighted by Crippen LogP contribution is 2.41. The number of esters is 1. The number of benzene rings is 2. The zero-order valence-corrected chi connectivity index (χ0v) is 15.8. The van der Waals surface area contributed by atoms with Gasteiger partial charge >= 0.3 is 5.97 Å². The van der Waals surface area contributed by atoms with E-state index in [-0.39, 0.29) is 38.3 Å². The van der Waals surface area contributed by atoms with Crippen LogP contribution in [0.5, 0.6) is 0 Å². The summed E-state index contributed by atoms with van der Waals surface area (Å²) in [5.74, 6) is -0.551. The number of hydrogen-bond acceptors (Lipinski definition) is 5. The Kier molecular flexibility index (Phi) is 6.71. The van der Waals surface area contributed by atoms with E-state index in [0.29, 0.717) is 0 Å². The third-order valence-electron chi connectivity index (χ3n) is 3.63. The van der Waals surface area contributed by atoms with Gasteiger partial charge < -0.3 is 10.1 Å². The summed E-state index contributed by atoms with van der Waals surface area (Å²) in [4.78, 5) is 12.2. The molecule has 0 aliphatic heterocycles. The van der Waals surface area contributed by atoms with Gasteiger partial charge in [-0.25, -0.2) is 4.79 Å². The van der Waals surface area contributed by atoms with Crippen LogP contribution < -0.4 is 5.32 Å². The molecule has 0 aromatic heterocycles. The molecule has 132 valence electrons. The zero-order valence-electron chi connectivity index (χ0n) is 13.5. The molecule has 1 unspecified atom stereocenters. The SMILES string of the molecule is COC(=O)C(Cc1ccccc1)Nc1c(Cl)c(Cl)c(C#N)c(Cl)c1C#N. The third kappa shape index (κ3) is 4.03. The number of methoxy groups -OCH3 is 1. The van der Waals surface area contributed by atoms with Gasteiger partial charge in [-0.15, -0.1) is 0 Å². The highest BCUT2D eigenvalue weighted by atomic mass is 35.5. The fourth-order valence-electron chi connectivity index (χ4n) is 2.36. The topological polar surface area (TPSA) is 85.9 Å². The van der Waals surface area contributed by atoms with Crippen LogP contribution in [-0.4, -0.2) is 19.1 Å². The van der Waals surface area contributed by atoms with E-state index in [1.54, 1.807) is 0 Å². The largest absolute Gasteiger partial charge is 0.467 e. The zero-order chi connectivity index (χ0) is 19.3. The van der Waals surface area contributed by atoms with Crippen molar-refractivity contribution < 1.29 is 9.53 Å². The molecule has 0 heterocycles. The first-order chi connectivity index (χ1) is 12.4. The number of carbonyl (C=O) groups is 1. The van der Waals surface area contributed by atoms with E-state index in [1.165, 1.54) is 7.11 Å². The molecule has 1 N–H and O–H groups in total. The smallest absolute Gasteiger partial charge is 0.328 e. The molecule has 2 aromatic carbocycles. The van der Waals surface area contributed by atoms with Crippen LogP contribution in [0, 0.1) is 22.7 Å². The lowest BCUT2D eigenvalue weighted by Crippen LogP contribution is -2.33. The monoisotopic (exact) mass is 407 g/mol. The fourth-order valence-corrected chi connectivity index (χ4v) is 3.16. The van der Waals surface area contributed by atoms with Gasteiger partial charge in [-0.2, -0.15) is 10.5 Å². The average molecular weight is 409 g/mol. The molecule has 0 aliphatic carbocycles. The van der Waals surface area contributed by atoms with Crippen LogP contribution in [0.2, 0.25) is 15.1 Å². The van der Waals surface area contributed by atoms with Crippen molar-refractivity contribution in [1.29, 1.82) is 10.5 Å². The van der Waals surface area contributed by atoms with Gasteiger partial charge in [0.1, 0.15) is 18.2 Å². The Hall–Kier alpha value is -2.44. The fraction of sp³-hybridized carbons (Fsp3) is 0.167. The van der Waals surface area contributed by atoms with Crippen LogP contribution in [-0.2, 0) is 16.0 Å². The molecule has 0 saturated carbocycles. The lowest BCUT2D eigenvalue weighted by Gasteiger charge is -2.21. The molecule has 0 amide bonds. The van der Waals surface area contributed by atoms with Crippen molar-refractivity contribution >= 4 is 46.5 Å². The molecular formula is C18H12Cl3N3O2. The first-order valence-corrected chi connectivity index (χ1v) is 8.46. The van der Waals surface area contributed by atoms with Gasteiger partial charge in [-0.05, 0) is 5.56 Å². The van der Waals surface area contributed by atoms with Crippen LogP contribution >= 0.6 is 34.8 Å². The lowest BCUT2D eigenvalue weighted by molar-refractivity contribution is -0.141. The van der Waals surface area contributed by atoms with Crippen molar-refractivity contribution in [3.05, 3.63) is 62.1 Å². The molecule has 5 nitrogen and oxygen atoms in total. The van der Waals surface area contributed by atoms with Gasteiger partial charge in [0, 0.05) is 6.42 Å². The second kappa shape index (κ2) is 8.78. The third-order valence-corrected chi connectivity index (χ3v) is 4.86. The van der Waals surface area contributed by atoms with Crippen LogP contribution in [0.4, 0.5) is 5.69 Å². The van der Waals surface area contributed by atoms with E-state index in [4.69, 9.17) is 44.8 Å². The number of carbonyl (C=O) groups excluding carboxylic acids is 1. The summed E-state index contributed by atoms with van der Waals surface area (Å²) in [5.41, 5.74) is 0.781.